The Morgan fingerprint density at radius 3 is 1.68 bits per heavy atom. The molecule has 0 aliphatic heterocycles. The van der Waals surface area contributed by atoms with Crippen molar-refractivity contribution in [3.05, 3.63) is 42.5 Å². The topological polar surface area (TPSA) is 18.5 Å². The van der Waals surface area contributed by atoms with Gasteiger partial charge in [0.25, 0.3) is 0 Å². The quantitative estimate of drug-likeness (QED) is 0.495. The summed E-state index contributed by atoms with van der Waals surface area (Å²) in [6.07, 6.45) is 0. The number of rotatable bonds is 3. The molecule has 0 spiro atoms. The maximum atomic E-state index is 14.4. The van der Waals surface area contributed by atoms with E-state index < -0.39 is 13.3 Å². The number of hydrogen-bond acceptors (Lipinski definition) is 2. The average Bonchev–Trinajstić information content (AvgIpc) is 2.50. The van der Waals surface area contributed by atoms with E-state index in [2.05, 4.69) is 0 Å². The van der Waals surface area contributed by atoms with Gasteiger partial charge in [0, 0.05) is 0 Å². The van der Waals surface area contributed by atoms with Crippen LogP contribution in [0.25, 0.3) is 21.5 Å². The summed E-state index contributed by atoms with van der Waals surface area (Å²) in [5.74, 6) is 0.789. The zero-order chi connectivity index (χ0) is 15.9. The van der Waals surface area contributed by atoms with Crippen molar-refractivity contribution in [3.8, 4) is 11.5 Å². The average molecular weight is 383 g/mol. The molecule has 0 saturated carbocycles. The molecule has 0 aliphatic carbocycles. The molecule has 0 amide bonds. The summed E-state index contributed by atoms with van der Waals surface area (Å²) in [5, 5.41) is 2.12. The molecule has 0 bridgehead atoms. The minimum atomic E-state index is -5.70. The van der Waals surface area contributed by atoms with Crippen molar-refractivity contribution in [1.29, 1.82) is 0 Å². The van der Waals surface area contributed by atoms with Crippen molar-refractivity contribution < 1.29 is 16.5 Å². The van der Waals surface area contributed by atoms with E-state index >= 15 is 0 Å². The first-order valence-corrected chi connectivity index (χ1v) is 12.0. The van der Waals surface area contributed by atoms with Gasteiger partial charge in [0.05, 0.1) is 0 Å². The predicted octanol–water partition coefficient (Wildman–Crippen LogP) is 4.33. The molecule has 0 unspecified atom stereocenters. The second-order valence-corrected chi connectivity index (χ2v) is 10.5. The third-order valence-electron chi connectivity index (χ3n) is 3.65. The van der Waals surface area contributed by atoms with Crippen LogP contribution in [-0.4, -0.2) is 27.5 Å². The van der Waals surface area contributed by atoms with Crippen molar-refractivity contribution in [3.63, 3.8) is 0 Å². The van der Waals surface area contributed by atoms with Gasteiger partial charge in [-0.15, -0.1) is 0 Å². The predicted molar refractivity (Wildman–Crippen MR) is 88.0 cm³/mol. The number of hydrogen-bond donors (Lipinski definition) is 0. The van der Waals surface area contributed by atoms with Crippen molar-refractivity contribution in [2.75, 3.05) is 14.2 Å². The van der Waals surface area contributed by atoms with Crippen molar-refractivity contribution in [2.45, 2.75) is 0 Å². The van der Waals surface area contributed by atoms with Crippen LogP contribution in [0.1, 0.15) is 0 Å². The molecule has 0 atom stereocenters. The summed E-state index contributed by atoms with van der Waals surface area (Å²) in [4.78, 5) is 0. The molecule has 114 valence electrons. The van der Waals surface area contributed by atoms with E-state index in [9.17, 15) is 7.00 Å². The fraction of sp³-hybridized carbons (Fsp3) is 0.125. The van der Waals surface area contributed by atoms with Crippen LogP contribution >= 0.6 is 10.0 Å². The molecule has 0 aliphatic rings. The van der Waals surface area contributed by atoms with E-state index in [0.717, 1.165) is 0 Å². The van der Waals surface area contributed by atoms with E-state index in [-0.39, 0.29) is 4.40 Å². The molecule has 0 radical (unpaired) electrons. The SMILES string of the molecule is COc1cccc2cc3cccc(OC)c3[c]([Ge]([F])([F])[Cl])c12. The molecule has 0 aromatic heterocycles. The Balaban J connectivity index is 2.63. The molecule has 22 heavy (non-hydrogen) atoms. The van der Waals surface area contributed by atoms with Gasteiger partial charge in [0.2, 0.25) is 0 Å². The summed E-state index contributed by atoms with van der Waals surface area (Å²) in [6.45, 7) is 0. The van der Waals surface area contributed by atoms with Crippen LogP contribution in [0.4, 0.5) is 7.00 Å². The Kier molecular flexibility index (Phi) is 3.91. The summed E-state index contributed by atoms with van der Waals surface area (Å²) in [6, 6.07) is 12.3. The zero-order valence-corrected chi connectivity index (χ0v) is 14.8. The van der Waals surface area contributed by atoms with E-state index in [1.807, 2.05) is 6.07 Å². The summed E-state index contributed by atoms with van der Waals surface area (Å²) in [5.41, 5.74) is 0. The second kappa shape index (κ2) is 5.59. The van der Waals surface area contributed by atoms with E-state index in [1.54, 1.807) is 36.4 Å². The van der Waals surface area contributed by atoms with Crippen LogP contribution in [0.2, 0.25) is 0 Å². The van der Waals surface area contributed by atoms with Gasteiger partial charge in [-0.1, -0.05) is 0 Å². The monoisotopic (exact) mass is 384 g/mol. The Bertz CT molecular complexity index is 800. The maximum absolute atomic E-state index is 14.4. The third kappa shape index (κ3) is 2.40. The minimum absolute atomic E-state index is 0.107. The van der Waals surface area contributed by atoms with Gasteiger partial charge < -0.3 is 0 Å². The van der Waals surface area contributed by atoms with Crippen LogP contribution in [0.15, 0.2) is 42.5 Å². The fourth-order valence-electron chi connectivity index (χ4n) is 2.79. The van der Waals surface area contributed by atoms with Gasteiger partial charge in [-0.2, -0.15) is 0 Å². The van der Waals surface area contributed by atoms with Crippen LogP contribution in [0.5, 0.6) is 11.5 Å². The van der Waals surface area contributed by atoms with Crippen molar-refractivity contribution in [1.82, 2.24) is 0 Å². The van der Waals surface area contributed by atoms with Gasteiger partial charge in [-0.25, -0.2) is 0 Å². The van der Waals surface area contributed by atoms with E-state index in [4.69, 9.17) is 19.5 Å². The van der Waals surface area contributed by atoms with Gasteiger partial charge in [-0.3, -0.25) is 0 Å². The van der Waals surface area contributed by atoms with E-state index in [0.29, 0.717) is 33.0 Å². The molecule has 0 heterocycles. The molecular formula is C16H13ClF2GeO2. The third-order valence-corrected chi connectivity index (χ3v) is 6.87. The van der Waals surface area contributed by atoms with Crippen molar-refractivity contribution in [2.24, 2.45) is 0 Å². The number of ether oxygens (including phenoxy) is 2. The van der Waals surface area contributed by atoms with Gasteiger partial charge >= 0.3 is 134 Å². The van der Waals surface area contributed by atoms with Crippen molar-refractivity contribution >= 4 is 49.2 Å². The Morgan fingerprint density at radius 2 is 1.32 bits per heavy atom. The number of halogens is 3. The Labute approximate surface area is 134 Å². The number of benzene rings is 3. The number of fused-ring (bicyclic) bond motifs is 2. The van der Waals surface area contributed by atoms with Crippen LogP contribution < -0.4 is 13.9 Å². The summed E-state index contributed by atoms with van der Waals surface area (Å²) >= 11 is -5.70. The molecule has 3 aromatic rings. The normalized spacial score (nSPS) is 11.9. The first-order chi connectivity index (χ1) is 10.5. The number of methoxy groups -OCH3 is 2. The molecule has 3 aromatic carbocycles. The first-order valence-electron chi connectivity index (χ1n) is 6.61. The molecule has 6 heteroatoms. The van der Waals surface area contributed by atoms with Gasteiger partial charge in [-0.05, 0) is 0 Å². The molecule has 0 saturated heterocycles. The fourth-order valence-corrected chi connectivity index (χ4v) is 6.08. The Morgan fingerprint density at radius 1 is 0.864 bits per heavy atom. The van der Waals surface area contributed by atoms with Gasteiger partial charge in [0.15, 0.2) is 0 Å². The molecule has 0 N–H and O–H groups in total. The van der Waals surface area contributed by atoms with Gasteiger partial charge in [0.1, 0.15) is 0 Å². The van der Waals surface area contributed by atoms with Crippen LogP contribution in [0, 0.1) is 0 Å². The molecule has 2 nitrogen and oxygen atoms in total. The standard InChI is InChI=1S/C16H13ClF2GeO2/c1-21-12-7-3-5-10-9-11-6-4-8-13(22-2)15(11)16(14(10)12)20(17,18)19/h3-9H,1-2H3. The summed E-state index contributed by atoms with van der Waals surface area (Å²) in [7, 11) is 8.54. The first kappa shape index (κ1) is 15.4. The Hall–Kier alpha value is -1.53. The molecule has 3 rings (SSSR count). The van der Waals surface area contributed by atoms with E-state index in [1.165, 1.54) is 14.2 Å². The molecular weight excluding hydrogens is 370 g/mol. The van der Waals surface area contributed by atoms with Crippen LogP contribution in [-0.2, 0) is 0 Å². The molecule has 0 fully saturated rings. The van der Waals surface area contributed by atoms with Crippen LogP contribution in [0.3, 0.4) is 0 Å². The zero-order valence-electron chi connectivity index (χ0n) is 12.0. The summed E-state index contributed by atoms with van der Waals surface area (Å²) < 4.78 is 39.2. The second-order valence-electron chi connectivity index (χ2n) is 4.87.